The van der Waals surface area contributed by atoms with E-state index in [2.05, 4.69) is 15.1 Å². The van der Waals surface area contributed by atoms with E-state index < -0.39 is 42.0 Å². The number of hydrogen-bond donors (Lipinski definition) is 1. The summed E-state index contributed by atoms with van der Waals surface area (Å²) in [6.07, 6.45) is -0.713. The Labute approximate surface area is 231 Å². The summed E-state index contributed by atoms with van der Waals surface area (Å²) in [7, 11) is 0. The number of halogens is 3. The lowest BCUT2D eigenvalue weighted by atomic mass is 9.96. The van der Waals surface area contributed by atoms with Crippen LogP contribution in [0.5, 0.6) is 0 Å². The van der Waals surface area contributed by atoms with E-state index in [1.165, 1.54) is 42.2 Å². The highest BCUT2D eigenvalue weighted by Crippen LogP contribution is 2.32. The summed E-state index contributed by atoms with van der Waals surface area (Å²) in [6, 6.07) is 13.2. The lowest BCUT2D eigenvalue weighted by Gasteiger charge is -2.23. The molecule has 0 aliphatic carbocycles. The van der Waals surface area contributed by atoms with Crippen molar-refractivity contribution in [2.45, 2.75) is 38.5 Å². The fourth-order valence-corrected chi connectivity index (χ4v) is 5.50. The number of carbonyl (C=O) groups excluding carboxylic acids is 3. The van der Waals surface area contributed by atoms with E-state index in [1.807, 2.05) is 0 Å². The van der Waals surface area contributed by atoms with Gasteiger partial charge in [-0.1, -0.05) is 36.4 Å². The Kier molecular flexibility index (Phi) is 6.64. The first-order valence-corrected chi connectivity index (χ1v) is 13.0. The number of fused-ring (bicyclic) bond motifs is 2. The second-order valence-electron chi connectivity index (χ2n) is 10.1. The quantitative estimate of drug-likeness (QED) is 0.289. The van der Waals surface area contributed by atoms with Crippen LogP contribution in [0.1, 0.15) is 29.4 Å². The number of nitrogens with one attached hydrogen (secondary N) is 1. The van der Waals surface area contributed by atoms with Crippen LogP contribution >= 0.6 is 0 Å². The molecule has 1 N–H and O–H groups in total. The molecule has 1 amide bonds. The van der Waals surface area contributed by atoms with Gasteiger partial charge in [-0.3, -0.25) is 19.1 Å². The van der Waals surface area contributed by atoms with Gasteiger partial charge in [0.1, 0.15) is 29.7 Å². The predicted octanol–water partition coefficient (Wildman–Crippen LogP) is 4.81. The molecule has 3 heterocycles. The van der Waals surface area contributed by atoms with Crippen LogP contribution in [-0.2, 0) is 22.6 Å². The molecule has 6 rings (SSSR count). The number of likely N-dealkylation sites (tertiary alicyclic amines) is 1. The second-order valence-corrected chi connectivity index (χ2v) is 10.1. The van der Waals surface area contributed by atoms with Crippen LogP contribution in [0, 0.1) is 11.6 Å². The van der Waals surface area contributed by atoms with Crippen LogP contribution in [0.3, 0.4) is 0 Å². The van der Waals surface area contributed by atoms with Gasteiger partial charge in [-0.15, -0.1) is 0 Å². The maximum Gasteiger partial charge on any atom is 0.245 e. The van der Waals surface area contributed by atoms with Gasteiger partial charge in [-0.25, -0.2) is 18.2 Å². The van der Waals surface area contributed by atoms with Gasteiger partial charge in [0.05, 0.1) is 29.9 Å². The number of nitrogens with zero attached hydrogens (tertiary/aromatic N) is 4. The highest BCUT2D eigenvalue weighted by molar-refractivity contribution is 6.05. The molecule has 208 valence electrons. The highest BCUT2D eigenvalue weighted by atomic mass is 19.1. The lowest BCUT2D eigenvalue weighted by Crippen LogP contribution is -2.43. The zero-order valence-electron chi connectivity index (χ0n) is 21.9. The van der Waals surface area contributed by atoms with Crippen molar-refractivity contribution in [1.29, 1.82) is 0 Å². The molecular formula is C30H24F3N5O3. The van der Waals surface area contributed by atoms with E-state index >= 15 is 8.78 Å². The summed E-state index contributed by atoms with van der Waals surface area (Å²) in [5.41, 5.74) is 1.27. The van der Waals surface area contributed by atoms with E-state index in [0.717, 1.165) is 4.90 Å². The summed E-state index contributed by atoms with van der Waals surface area (Å²) in [5, 5.41) is 4.87. The summed E-state index contributed by atoms with van der Waals surface area (Å²) < 4.78 is 46.6. The molecule has 41 heavy (non-hydrogen) atoms. The van der Waals surface area contributed by atoms with Gasteiger partial charge >= 0.3 is 0 Å². The van der Waals surface area contributed by atoms with Gasteiger partial charge in [0.15, 0.2) is 17.4 Å². The van der Waals surface area contributed by atoms with Crippen LogP contribution in [-0.4, -0.2) is 60.9 Å². The molecule has 1 aliphatic rings. The lowest BCUT2D eigenvalue weighted by molar-refractivity contribution is -0.138. The molecule has 2 atom stereocenters. The predicted molar refractivity (Wildman–Crippen MR) is 145 cm³/mol. The van der Waals surface area contributed by atoms with Crippen molar-refractivity contribution >= 4 is 39.4 Å². The van der Waals surface area contributed by atoms with Crippen molar-refractivity contribution in [3.8, 4) is 11.1 Å². The first-order chi connectivity index (χ1) is 19.7. The van der Waals surface area contributed by atoms with E-state index in [0.29, 0.717) is 16.4 Å². The smallest absolute Gasteiger partial charge is 0.245 e. The number of aromatic amines is 1. The molecule has 0 unspecified atom stereocenters. The number of hydrogen-bond acceptors (Lipinski definition) is 5. The third-order valence-corrected chi connectivity index (χ3v) is 7.48. The Bertz CT molecular complexity index is 1850. The minimum Gasteiger partial charge on any atom is -0.345 e. The van der Waals surface area contributed by atoms with Gasteiger partial charge in [0.2, 0.25) is 5.91 Å². The van der Waals surface area contributed by atoms with Crippen molar-refractivity contribution in [3.63, 3.8) is 0 Å². The van der Waals surface area contributed by atoms with Crippen LogP contribution in [0.2, 0.25) is 0 Å². The molecule has 3 aromatic carbocycles. The summed E-state index contributed by atoms with van der Waals surface area (Å²) >= 11 is 0. The Morgan fingerprint density at radius 1 is 1.00 bits per heavy atom. The van der Waals surface area contributed by atoms with E-state index in [-0.39, 0.29) is 53.2 Å². The summed E-state index contributed by atoms with van der Waals surface area (Å²) in [6.45, 7) is 0.788. The van der Waals surface area contributed by atoms with E-state index in [4.69, 9.17) is 0 Å². The highest BCUT2D eigenvalue weighted by Gasteiger charge is 2.40. The molecule has 5 aromatic rings. The number of amides is 1. The van der Waals surface area contributed by atoms with Gasteiger partial charge in [0, 0.05) is 36.3 Å². The SMILES string of the molecule is CC(=O)c1nn(CC(=O)N2C[C@H](F)C[C@H]2C(=O)Cc2cccc(-c3ccc4[nH]cnc4c3F)c2F)c2ccccc12. The summed E-state index contributed by atoms with van der Waals surface area (Å²) in [4.78, 5) is 46.6. The van der Waals surface area contributed by atoms with Crippen molar-refractivity contribution in [1.82, 2.24) is 24.6 Å². The molecule has 1 fully saturated rings. The third kappa shape index (κ3) is 4.66. The van der Waals surface area contributed by atoms with Crippen molar-refractivity contribution < 1.29 is 27.6 Å². The molecule has 0 radical (unpaired) electrons. The van der Waals surface area contributed by atoms with Gasteiger partial charge in [0.25, 0.3) is 0 Å². The molecule has 0 spiro atoms. The molecule has 1 saturated heterocycles. The number of imidazole rings is 1. The summed E-state index contributed by atoms with van der Waals surface area (Å²) in [5.74, 6) is -2.82. The zero-order valence-corrected chi connectivity index (χ0v) is 21.9. The topological polar surface area (TPSA) is 101 Å². The number of ketones is 2. The Morgan fingerprint density at radius 2 is 1.78 bits per heavy atom. The number of aromatic nitrogens is 4. The van der Waals surface area contributed by atoms with Crippen molar-refractivity contribution in [3.05, 3.63) is 83.8 Å². The average Bonchev–Trinajstić information content (AvgIpc) is 3.68. The maximum absolute atomic E-state index is 15.6. The third-order valence-electron chi connectivity index (χ3n) is 7.48. The zero-order chi connectivity index (χ0) is 28.8. The number of carbonyl (C=O) groups is 3. The minimum absolute atomic E-state index is 0.00530. The first-order valence-electron chi connectivity index (χ1n) is 13.0. The minimum atomic E-state index is -1.43. The number of Topliss-reactive ketones (excluding diaryl/α,β-unsaturated/α-hetero) is 2. The first kappa shape index (κ1) is 26.4. The van der Waals surface area contributed by atoms with Crippen LogP contribution in [0.4, 0.5) is 13.2 Å². The Hall–Kier alpha value is -4.80. The van der Waals surface area contributed by atoms with E-state index in [1.54, 1.807) is 30.3 Å². The van der Waals surface area contributed by atoms with Crippen molar-refractivity contribution in [2.24, 2.45) is 0 Å². The van der Waals surface area contributed by atoms with Crippen LogP contribution < -0.4 is 0 Å². The monoisotopic (exact) mass is 559 g/mol. The fourth-order valence-electron chi connectivity index (χ4n) is 5.50. The molecule has 0 bridgehead atoms. The van der Waals surface area contributed by atoms with Crippen LogP contribution in [0.25, 0.3) is 33.1 Å². The van der Waals surface area contributed by atoms with Crippen molar-refractivity contribution in [2.75, 3.05) is 6.54 Å². The van der Waals surface area contributed by atoms with Gasteiger partial charge < -0.3 is 9.88 Å². The van der Waals surface area contributed by atoms with Gasteiger partial charge in [-0.2, -0.15) is 5.10 Å². The molecule has 0 saturated carbocycles. The number of para-hydroxylation sites is 1. The Balaban J connectivity index is 1.24. The number of H-pyrrole nitrogens is 1. The molecular weight excluding hydrogens is 535 g/mol. The normalized spacial score (nSPS) is 17.0. The number of alkyl halides is 1. The second kappa shape index (κ2) is 10.3. The molecule has 11 heteroatoms. The molecule has 8 nitrogen and oxygen atoms in total. The number of rotatable bonds is 7. The Morgan fingerprint density at radius 3 is 2.59 bits per heavy atom. The molecule has 1 aliphatic heterocycles. The maximum atomic E-state index is 15.6. The molecule has 2 aromatic heterocycles. The average molecular weight is 560 g/mol. The standard InChI is InChI=1S/C30H24F3N5O3/c1-16(39)29-21-6-2-3-8-23(21)38(36-29)14-26(41)37-13-18(31)12-24(37)25(40)11-17-5-4-7-19(27(17)32)20-9-10-22-30(28(20)33)35-15-34-22/h2-10,15,18,24H,11-14H2,1H3,(H,34,35)/t18-,24+/m1/s1. The van der Waals surface area contributed by atoms with E-state index in [9.17, 15) is 18.8 Å². The number of benzene rings is 3. The largest absolute Gasteiger partial charge is 0.345 e. The van der Waals surface area contributed by atoms with Gasteiger partial charge in [-0.05, 0) is 23.8 Å². The fraction of sp³-hybridized carbons (Fsp3) is 0.233. The van der Waals surface area contributed by atoms with Crippen LogP contribution in [0.15, 0.2) is 60.9 Å².